The molecule has 0 aliphatic rings. The number of rotatable bonds is 2. The van der Waals surface area contributed by atoms with E-state index >= 15 is 0 Å². The second kappa shape index (κ2) is 5.74. The van der Waals surface area contributed by atoms with Gasteiger partial charge in [0.25, 0.3) is 0 Å². The van der Waals surface area contributed by atoms with Gasteiger partial charge < -0.3 is 0 Å². The highest BCUT2D eigenvalue weighted by molar-refractivity contribution is 8.13. The highest BCUT2D eigenvalue weighted by Gasteiger charge is 2.01. The summed E-state index contributed by atoms with van der Waals surface area (Å²) in [5, 5.41) is 1.92. The van der Waals surface area contributed by atoms with Gasteiger partial charge >= 0.3 is 0 Å². The summed E-state index contributed by atoms with van der Waals surface area (Å²) in [6.45, 7) is 3.05. The van der Waals surface area contributed by atoms with Gasteiger partial charge in [0.2, 0.25) is 0 Å². The lowest BCUT2D eigenvalue weighted by molar-refractivity contribution is -0.109. The summed E-state index contributed by atoms with van der Waals surface area (Å²) in [6.07, 6.45) is 0. The van der Waals surface area contributed by atoms with Gasteiger partial charge in [-0.05, 0) is 13.0 Å². The normalized spacial score (nSPS) is 9.20. The Kier molecular flexibility index (Phi) is 4.60. The van der Waals surface area contributed by atoms with Crippen LogP contribution < -0.4 is 0 Å². The van der Waals surface area contributed by atoms with Crippen LogP contribution in [0.2, 0.25) is 0 Å². The minimum atomic E-state index is 0.0613. The maximum absolute atomic E-state index is 11.0. The molecular formula is C11H10O2S2. The fourth-order valence-corrected chi connectivity index (χ4v) is 1.95. The second-order valence-corrected chi connectivity index (χ2v) is 4.90. The van der Waals surface area contributed by atoms with Gasteiger partial charge in [0, 0.05) is 17.9 Å². The van der Waals surface area contributed by atoms with E-state index in [4.69, 9.17) is 0 Å². The molecule has 0 aliphatic heterocycles. The van der Waals surface area contributed by atoms with E-state index in [2.05, 4.69) is 11.8 Å². The van der Waals surface area contributed by atoms with E-state index in [1.54, 1.807) is 6.07 Å². The third kappa shape index (κ3) is 4.32. The summed E-state index contributed by atoms with van der Waals surface area (Å²) in [5.41, 5.74) is 0.842. The van der Waals surface area contributed by atoms with Crippen molar-refractivity contribution in [2.45, 2.75) is 13.8 Å². The molecule has 0 bridgehead atoms. The van der Waals surface area contributed by atoms with E-state index < -0.39 is 0 Å². The van der Waals surface area contributed by atoms with Gasteiger partial charge in [-0.25, -0.2) is 0 Å². The average Bonchev–Trinajstić information content (AvgIpc) is 2.60. The van der Waals surface area contributed by atoms with E-state index in [0.717, 1.165) is 10.4 Å². The first-order valence-electron chi connectivity index (χ1n) is 4.31. The van der Waals surface area contributed by atoms with Crippen LogP contribution in [-0.4, -0.2) is 16.7 Å². The van der Waals surface area contributed by atoms with Crippen LogP contribution in [0, 0.1) is 11.8 Å². The SMILES string of the molecule is CC(=O)SCC#Cc1csc(C(C)=O)c1. The van der Waals surface area contributed by atoms with Crippen molar-refractivity contribution in [3.63, 3.8) is 0 Å². The molecule has 1 aromatic heterocycles. The van der Waals surface area contributed by atoms with Gasteiger partial charge in [-0.1, -0.05) is 23.6 Å². The molecule has 0 atom stereocenters. The summed E-state index contributed by atoms with van der Waals surface area (Å²) in [5.74, 6) is 6.35. The fraction of sp³-hybridized carbons (Fsp3) is 0.273. The molecule has 78 valence electrons. The van der Waals surface area contributed by atoms with Crippen LogP contribution in [0.5, 0.6) is 0 Å². The molecule has 1 rings (SSSR count). The van der Waals surface area contributed by atoms with Crippen LogP contribution in [0.15, 0.2) is 11.4 Å². The Balaban J connectivity index is 2.56. The predicted octanol–water partition coefficient (Wildman–Crippen LogP) is 2.58. The van der Waals surface area contributed by atoms with Crippen LogP contribution in [0.3, 0.4) is 0 Å². The molecule has 0 radical (unpaired) electrons. The number of hydrogen-bond donors (Lipinski definition) is 0. The predicted molar refractivity (Wildman–Crippen MR) is 64.3 cm³/mol. The van der Waals surface area contributed by atoms with Crippen molar-refractivity contribution in [1.82, 2.24) is 0 Å². The van der Waals surface area contributed by atoms with Gasteiger partial charge in [-0.3, -0.25) is 9.59 Å². The van der Waals surface area contributed by atoms with Gasteiger partial charge in [0.05, 0.1) is 10.6 Å². The van der Waals surface area contributed by atoms with E-state index in [1.807, 2.05) is 5.38 Å². The monoisotopic (exact) mass is 238 g/mol. The highest BCUT2D eigenvalue weighted by Crippen LogP contribution is 2.14. The lowest BCUT2D eigenvalue weighted by atomic mass is 10.3. The highest BCUT2D eigenvalue weighted by atomic mass is 32.2. The van der Waals surface area contributed by atoms with Crippen molar-refractivity contribution >= 4 is 34.0 Å². The Hall–Kier alpha value is -1.05. The maximum atomic E-state index is 11.0. The number of ketones is 1. The first-order chi connectivity index (χ1) is 7.09. The Bertz CT molecular complexity index is 435. The number of thioether (sulfide) groups is 1. The molecule has 0 fully saturated rings. The first-order valence-corrected chi connectivity index (χ1v) is 6.18. The molecule has 0 saturated heterocycles. The molecular weight excluding hydrogens is 228 g/mol. The third-order valence-corrected chi connectivity index (χ3v) is 3.25. The zero-order valence-electron chi connectivity index (χ0n) is 8.49. The Morgan fingerprint density at radius 3 is 2.73 bits per heavy atom. The van der Waals surface area contributed by atoms with Crippen LogP contribution in [0.25, 0.3) is 0 Å². The second-order valence-electron chi connectivity index (χ2n) is 2.84. The molecule has 0 aliphatic carbocycles. The quantitative estimate of drug-likeness (QED) is 0.586. The third-order valence-electron chi connectivity index (χ3n) is 1.53. The number of hydrogen-bond acceptors (Lipinski definition) is 4. The Morgan fingerprint density at radius 2 is 2.20 bits per heavy atom. The standard InChI is InChI=1S/C11H10O2S2/c1-8(12)11-6-10(7-15-11)4-3-5-14-9(2)13/h6-7H,5H2,1-2H3. The summed E-state index contributed by atoms with van der Waals surface area (Å²) >= 11 is 2.58. The largest absolute Gasteiger partial charge is 0.294 e. The number of carbonyl (C=O) groups is 2. The lowest BCUT2D eigenvalue weighted by Crippen LogP contribution is -1.84. The maximum Gasteiger partial charge on any atom is 0.186 e. The summed E-state index contributed by atoms with van der Waals surface area (Å²) < 4.78 is 0. The van der Waals surface area contributed by atoms with Crippen LogP contribution in [0.4, 0.5) is 0 Å². The zero-order chi connectivity index (χ0) is 11.3. The lowest BCUT2D eigenvalue weighted by Gasteiger charge is -1.84. The topological polar surface area (TPSA) is 34.1 Å². The van der Waals surface area contributed by atoms with Crippen molar-refractivity contribution < 1.29 is 9.59 Å². The minimum Gasteiger partial charge on any atom is -0.294 e. The van der Waals surface area contributed by atoms with Crippen molar-refractivity contribution in [3.05, 3.63) is 21.9 Å². The molecule has 1 aromatic rings. The van der Waals surface area contributed by atoms with Crippen LogP contribution in [-0.2, 0) is 4.79 Å². The molecule has 1 heterocycles. The van der Waals surface area contributed by atoms with Crippen molar-refractivity contribution in [1.29, 1.82) is 0 Å². The zero-order valence-corrected chi connectivity index (χ0v) is 10.1. The van der Waals surface area contributed by atoms with Crippen molar-refractivity contribution in [3.8, 4) is 11.8 Å². The smallest absolute Gasteiger partial charge is 0.186 e. The first kappa shape index (κ1) is 12.0. The fourth-order valence-electron chi connectivity index (χ4n) is 0.862. The van der Waals surface area contributed by atoms with Gasteiger partial charge in [0.1, 0.15) is 0 Å². The average molecular weight is 238 g/mol. The van der Waals surface area contributed by atoms with E-state index in [-0.39, 0.29) is 10.9 Å². The number of carbonyl (C=O) groups excluding carboxylic acids is 2. The molecule has 0 N–H and O–H groups in total. The molecule has 15 heavy (non-hydrogen) atoms. The van der Waals surface area contributed by atoms with Crippen molar-refractivity contribution in [2.75, 3.05) is 5.75 Å². The molecule has 0 unspecified atom stereocenters. The van der Waals surface area contributed by atoms with E-state index in [9.17, 15) is 9.59 Å². The Morgan fingerprint density at radius 1 is 1.47 bits per heavy atom. The van der Waals surface area contributed by atoms with Gasteiger partial charge in [-0.15, -0.1) is 11.3 Å². The summed E-state index contributed by atoms with van der Waals surface area (Å²) in [7, 11) is 0. The van der Waals surface area contributed by atoms with Crippen molar-refractivity contribution in [2.24, 2.45) is 0 Å². The van der Waals surface area contributed by atoms with Gasteiger partial charge in [0.15, 0.2) is 10.9 Å². The van der Waals surface area contributed by atoms with E-state index in [1.165, 1.54) is 36.9 Å². The molecule has 0 saturated carbocycles. The molecule has 2 nitrogen and oxygen atoms in total. The Labute approximate surface area is 97.1 Å². The van der Waals surface area contributed by atoms with Crippen LogP contribution >= 0.6 is 23.1 Å². The number of thiophene rings is 1. The summed E-state index contributed by atoms with van der Waals surface area (Å²) in [6, 6.07) is 1.78. The molecule has 0 amide bonds. The van der Waals surface area contributed by atoms with E-state index in [0.29, 0.717) is 5.75 Å². The van der Waals surface area contributed by atoms with Crippen LogP contribution in [0.1, 0.15) is 29.1 Å². The van der Waals surface area contributed by atoms with Gasteiger partial charge in [-0.2, -0.15) is 0 Å². The molecule has 4 heteroatoms. The summed E-state index contributed by atoms with van der Waals surface area (Å²) in [4.78, 5) is 22.3. The molecule has 0 spiro atoms. The molecule has 0 aromatic carbocycles. The number of Topliss-reactive ketones (excluding diaryl/α,β-unsaturated/α-hetero) is 1. The minimum absolute atomic E-state index is 0.0613.